The summed E-state index contributed by atoms with van der Waals surface area (Å²) < 4.78 is 11.8. The third kappa shape index (κ3) is 11.9. The lowest BCUT2D eigenvalue weighted by Crippen LogP contribution is -2.34. The molecule has 130 valence electrons. The topological polar surface area (TPSA) is 97.7 Å². The zero-order valence-corrected chi connectivity index (χ0v) is 14.4. The van der Waals surface area contributed by atoms with Gasteiger partial charge in [-0.05, 0) is 24.0 Å². The number of unbranched alkanes of at least 4 members (excludes halogenated alkanes) is 9. The number of aliphatic carboxylic acids is 2. The van der Waals surface area contributed by atoms with E-state index in [4.69, 9.17) is 10.2 Å². The van der Waals surface area contributed by atoms with E-state index in [0.717, 1.165) is 19.3 Å². The fourth-order valence-corrected chi connectivity index (χ4v) is 3.65. The molecule has 0 rings (SSSR count). The van der Waals surface area contributed by atoms with Crippen molar-refractivity contribution in [1.82, 2.24) is 0 Å². The normalized spacial score (nSPS) is 13.7. The Morgan fingerprint density at radius 2 is 1.36 bits per heavy atom. The van der Waals surface area contributed by atoms with Crippen molar-refractivity contribution < 1.29 is 24.4 Å². The second kappa shape index (κ2) is 13.9. The van der Waals surface area contributed by atoms with Crippen LogP contribution in [-0.4, -0.2) is 37.7 Å². The average molecular weight is 334 g/mol. The van der Waals surface area contributed by atoms with E-state index in [1.165, 1.54) is 38.5 Å². The van der Waals surface area contributed by atoms with Gasteiger partial charge < -0.3 is 14.8 Å². The molecule has 0 aromatic rings. The van der Waals surface area contributed by atoms with Crippen LogP contribution in [0.4, 0.5) is 0 Å². The van der Waals surface area contributed by atoms with Gasteiger partial charge in [-0.1, -0.05) is 58.3 Å². The van der Waals surface area contributed by atoms with Gasteiger partial charge in [0, 0.05) is 0 Å². The third-order valence-electron chi connectivity index (χ3n) is 3.65. The summed E-state index contributed by atoms with van der Waals surface area (Å²) in [6.07, 6.45) is 11.0. The van der Waals surface area contributed by atoms with Crippen molar-refractivity contribution in [2.45, 2.75) is 82.8 Å². The Kier molecular flexibility index (Phi) is 13.4. The number of carboxylic acid groups (broad SMARTS) is 2. The Labute approximate surface area is 136 Å². The molecular weight excluding hydrogens is 304 g/mol. The highest BCUT2D eigenvalue weighted by Crippen LogP contribution is 2.14. The Morgan fingerprint density at radius 3 is 1.77 bits per heavy atom. The van der Waals surface area contributed by atoms with Crippen LogP contribution >= 0.6 is 0 Å². The highest BCUT2D eigenvalue weighted by atomic mass is 32.2. The number of carboxylic acids is 2. The van der Waals surface area contributed by atoms with Crippen molar-refractivity contribution in [1.29, 1.82) is 0 Å². The first kappa shape index (κ1) is 21.2. The van der Waals surface area contributed by atoms with Gasteiger partial charge in [0.1, 0.15) is 12.2 Å². The monoisotopic (exact) mass is 334 g/mol. The molecule has 0 aromatic heterocycles. The van der Waals surface area contributed by atoms with Crippen LogP contribution in [0.1, 0.15) is 77.6 Å². The molecule has 6 heteroatoms. The standard InChI is InChI=1S/C16H30O5S/c1-2-3-4-5-6-7-8-9-10-11-12-22(21)14(16(19)20)13-15(17)18/h14H,2-13H2,1H3,(H,17,18)(H,19,20). The predicted molar refractivity (Wildman–Crippen MR) is 88.5 cm³/mol. The molecule has 0 heterocycles. The summed E-state index contributed by atoms with van der Waals surface area (Å²) in [5, 5.41) is 16.2. The van der Waals surface area contributed by atoms with Crippen LogP contribution in [0.15, 0.2) is 0 Å². The minimum atomic E-state index is -1.60. The number of hydrogen-bond donors (Lipinski definition) is 2. The molecule has 0 saturated carbocycles. The molecule has 0 aliphatic heterocycles. The van der Waals surface area contributed by atoms with Gasteiger partial charge in [0.2, 0.25) is 5.25 Å². The van der Waals surface area contributed by atoms with Crippen LogP contribution in [0.2, 0.25) is 0 Å². The van der Waals surface area contributed by atoms with Crippen molar-refractivity contribution in [3.63, 3.8) is 0 Å². The molecule has 0 bridgehead atoms. The van der Waals surface area contributed by atoms with Gasteiger partial charge in [-0.2, -0.15) is 0 Å². The second-order valence-corrected chi connectivity index (χ2v) is 7.43. The first-order valence-electron chi connectivity index (χ1n) is 8.30. The molecule has 2 atom stereocenters. The van der Waals surface area contributed by atoms with E-state index in [1.54, 1.807) is 0 Å². The number of rotatable bonds is 15. The Hall–Kier alpha value is -0.750. The highest BCUT2D eigenvalue weighted by Gasteiger charge is 2.32. The van der Waals surface area contributed by atoms with E-state index in [-0.39, 0.29) is 5.75 Å². The van der Waals surface area contributed by atoms with Crippen LogP contribution in [0.5, 0.6) is 0 Å². The van der Waals surface area contributed by atoms with E-state index in [2.05, 4.69) is 6.92 Å². The van der Waals surface area contributed by atoms with E-state index >= 15 is 0 Å². The van der Waals surface area contributed by atoms with Crippen LogP contribution < -0.4 is 0 Å². The minimum absolute atomic E-state index is 0.279. The molecule has 0 radical (unpaired) electrons. The SMILES string of the molecule is CCCCCCCCCCCC[S+]([O-])C(CC(=O)O)C(=O)O. The van der Waals surface area contributed by atoms with E-state index in [9.17, 15) is 14.1 Å². The molecule has 22 heavy (non-hydrogen) atoms. The summed E-state index contributed by atoms with van der Waals surface area (Å²) in [4.78, 5) is 21.5. The number of carbonyl (C=O) groups is 2. The van der Waals surface area contributed by atoms with Gasteiger partial charge in [0.15, 0.2) is 0 Å². The maximum absolute atomic E-state index is 11.8. The zero-order chi connectivity index (χ0) is 16.8. The zero-order valence-electron chi connectivity index (χ0n) is 13.6. The highest BCUT2D eigenvalue weighted by molar-refractivity contribution is 7.92. The predicted octanol–water partition coefficient (Wildman–Crippen LogP) is 3.58. The van der Waals surface area contributed by atoms with Crippen LogP contribution in [-0.2, 0) is 20.8 Å². The molecule has 2 N–H and O–H groups in total. The van der Waals surface area contributed by atoms with Crippen LogP contribution in [0.25, 0.3) is 0 Å². The molecular formula is C16H30O5S. The summed E-state index contributed by atoms with van der Waals surface area (Å²) in [5.74, 6) is -2.22. The molecule has 5 nitrogen and oxygen atoms in total. The maximum Gasteiger partial charge on any atom is 0.357 e. The van der Waals surface area contributed by atoms with Crippen molar-refractivity contribution in [2.75, 3.05) is 5.75 Å². The molecule has 2 unspecified atom stereocenters. The van der Waals surface area contributed by atoms with E-state index in [1.807, 2.05) is 0 Å². The minimum Gasteiger partial charge on any atom is -0.616 e. The van der Waals surface area contributed by atoms with Crippen molar-refractivity contribution in [2.24, 2.45) is 0 Å². The van der Waals surface area contributed by atoms with Gasteiger partial charge >= 0.3 is 11.9 Å². The molecule has 0 aliphatic carbocycles. The van der Waals surface area contributed by atoms with Crippen LogP contribution in [0.3, 0.4) is 0 Å². The van der Waals surface area contributed by atoms with Crippen molar-refractivity contribution in [3.05, 3.63) is 0 Å². The fraction of sp³-hybridized carbons (Fsp3) is 0.875. The Bertz CT molecular complexity index is 309. The molecule has 0 aromatic carbocycles. The van der Waals surface area contributed by atoms with E-state index < -0.39 is 34.8 Å². The lowest BCUT2D eigenvalue weighted by atomic mass is 10.1. The first-order chi connectivity index (χ1) is 10.5. The van der Waals surface area contributed by atoms with Crippen molar-refractivity contribution in [3.8, 4) is 0 Å². The summed E-state index contributed by atoms with van der Waals surface area (Å²) in [6.45, 7) is 2.20. The molecule has 0 aliphatic rings. The fourth-order valence-electron chi connectivity index (χ4n) is 2.33. The quantitative estimate of drug-likeness (QED) is 0.352. The average Bonchev–Trinajstić information content (AvgIpc) is 2.46. The van der Waals surface area contributed by atoms with Gasteiger partial charge in [0.05, 0.1) is 0 Å². The first-order valence-corrected chi connectivity index (χ1v) is 9.69. The van der Waals surface area contributed by atoms with Gasteiger partial charge in [-0.3, -0.25) is 4.79 Å². The van der Waals surface area contributed by atoms with E-state index in [0.29, 0.717) is 6.42 Å². The Balaban J connectivity index is 3.60. The van der Waals surface area contributed by atoms with Gasteiger partial charge in [-0.15, -0.1) is 0 Å². The molecule has 0 spiro atoms. The maximum atomic E-state index is 11.8. The Morgan fingerprint density at radius 1 is 0.909 bits per heavy atom. The summed E-state index contributed by atoms with van der Waals surface area (Å²) in [7, 11) is 0. The summed E-state index contributed by atoms with van der Waals surface area (Å²) in [6, 6.07) is 0. The molecule has 0 saturated heterocycles. The lowest BCUT2D eigenvalue weighted by molar-refractivity contribution is -0.143. The number of hydrogen-bond acceptors (Lipinski definition) is 3. The van der Waals surface area contributed by atoms with Gasteiger partial charge in [0.25, 0.3) is 0 Å². The summed E-state index contributed by atoms with van der Waals surface area (Å²) in [5.41, 5.74) is 0. The van der Waals surface area contributed by atoms with Crippen LogP contribution in [0, 0.1) is 0 Å². The smallest absolute Gasteiger partial charge is 0.357 e. The molecule has 0 amide bonds. The lowest BCUT2D eigenvalue weighted by Gasteiger charge is -2.16. The van der Waals surface area contributed by atoms with Gasteiger partial charge in [-0.25, -0.2) is 4.79 Å². The largest absolute Gasteiger partial charge is 0.616 e. The second-order valence-electron chi connectivity index (χ2n) is 5.69. The third-order valence-corrected chi connectivity index (χ3v) is 5.35. The molecule has 0 fully saturated rings. The summed E-state index contributed by atoms with van der Waals surface area (Å²) >= 11 is -1.60. The van der Waals surface area contributed by atoms with Crippen molar-refractivity contribution >= 4 is 23.1 Å².